The highest BCUT2D eigenvalue weighted by Crippen LogP contribution is 2.13. The van der Waals surface area contributed by atoms with E-state index in [1.54, 1.807) is 0 Å². The van der Waals surface area contributed by atoms with Crippen LogP contribution in [0.25, 0.3) is 0 Å². The molecule has 0 spiro atoms. The molecule has 12 heavy (non-hydrogen) atoms. The minimum Gasteiger partial charge on any atom is -0.294 e. The van der Waals surface area contributed by atoms with Crippen LogP contribution in [0.4, 0.5) is 0 Å². The predicted molar refractivity (Wildman–Crippen MR) is 53.3 cm³/mol. The number of rotatable bonds is 7. The van der Waals surface area contributed by atoms with E-state index >= 15 is 0 Å². The van der Waals surface area contributed by atoms with E-state index in [0.29, 0.717) is 11.7 Å². The summed E-state index contributed by atoms with van der Waals surface area (Å²) in [5.41, 5.74) is 0. The van der Waals surface area contributed by atoms with Crippen molar-refractivity contribution in [3.63, 3.8) is 0 Å². The zero-order chi connectivity index (χ0) is 9.40. The molecule has 0 amide bonds. The van der Waals surface area contributed by atoms with Crippen LogP contribution in [0.3, 0.4) is 0 Å². The molecular formula is C9H20O2S. The van der Waals surface area contributed by atoms with Gasteiger partial charge in [0.15, 0.2) is 11.1 Å². The first-order valence-corrected chi connectivity index (χ1v) is 5.91. The van der Waals surface area contributed by atoms with E-state index < -0.39 is 11.1 Å². The smallest absolute Gasteiger partial charge is 0.155 e. The average molecular weight is 192 g/mol. The van der Waals surface area contributed by atoms with E-state index in [1.165, 1.54) is 26.4 Å². The molecule has 0 aliphatic rings. The second kappa shape index (κ2) is 7.74. The second-order valence-corrected chi connectivity index (χ2v) is 4.33. The summed E-state index contributed by atoms with van der Waals surface area (Å²) in [4.78, 5) is 0. The molecule has 0 rings (SSSR count). The highest BCUT2D eigenvalue weighted by molar-refractivity contribution is 7.80. The van der Waals surface area contributed by atoms with Crippen LogP contribution in [0.5, 0.6) is 0 Å². The third-order valence-electron chi connectivity index (χ3n) is 2.10. The van der Waals surface area contributed by atoms with E-state index in [4.69, 9.17) is 4.18 Å². The minimum atomic E-state index is -1.06. The summed E-state index contributed by atoms with van der Waals surface area (Å²) in [6, 6.07) is 0. The van der Waals surface area contributed by atoms with Gasteiger partial charge in [0, 0.05) is 0 Å². The molecule has 0 bridgehead atoms. The molecule has 3 heteroatoms. The molecule has 0 aliphatic heterocycles. The van der Waals surface area contributed by atoms with Crippen molar-refractivity contribution in [2.24, 2.45) is 5.92 Å². The molecule has 0 fully saturated rings. The first-order valence-electron chi connectivity index (χ1n) is 4.67. The molecule has 0 saturated heterocycles. The third-order valence-corrected chi connectivity index (χ3v) is 3.22. The third kappa shape index (κ3) is 5.72. The fourth-order valence-corrected chi connectivity index (χ4v) is 2.08. The first-order chi connectivity index (χ1) is 5.74. The Morgan fingerprint density at radius 2 is 2.08 bits per heavy atom. The van der Waals surface area contributed by atoms with E-state index in [0.717, 1.165) is 6.42 Å². The van der Waals surface area contributed by atoms with Gasteiger partial charge in [-0.05, 0) is 12.3 Å². The van der Waals surface area contributed by atoms with Crippen LogP contribution >= 0.6 is 0 Å². The van der Waals surface area contributed by atoms with Gasteiger partial charge in [-0.15, -0.1) is 0 Å². The van der Waals surface area contributed by atoms with Crippen LogP contribution in [0, 0.1) is 5.92 Å². The van der Waals surface area contributed by atoms with Gasteiger partial charge in [0.1, 0.15) is 0 Å². The molecule has 2 nitrogen and oxygen atoms in total. The monoisotopic (exact) mass is 192 g/mol. The Labute approximate surface area is 78.4 Å². The van der Waals surface area contributed by atoms with Gasteiger partial charge in [-0.3, -0.25) is 4.18 Å². The maximum Gasteiger partial charge on any atom is 0.155 e. The van der Waals surface area contributed by atoms with Gasteiger partial charge in [-0.2, -0.15) is 0 Å². The summed E-state index contributed by atoms with van der Waals surface area (Å²) < 4.78 is 15.8. The van der Waals surface area contributed by atoms with Crippen molar-refractivity contribution >= 4 is 11.1 Å². The molecule has 0 aromatic heterocycles. The molecule has 0 heterocycles. The lowest BCUT2D eigenvalue weighted by Crippen LogP contribution is -2.11. The Morgan fingerprint density at radius 1 is 1.42 bits per heavy atom. The van der Waals surface area contributed by atoms with Crippen molar-refractivity contribution in [1.82, 2.24) is 0 Å². The molecule has 2 unspecified atom stereocenters. The van der Waals surface area contributed by atoms with E-state index in [1.807, 2.05) is 0 Å². The van der Waals surface area contributed by atoms with Gasteiger partial charge in [0.25, 0.3) is 0 Å². The highest BCUT2D eigenvalue weighted by Gasteiger charge is 2.09. The Morgan fingerprint density at radius 3 is 2.50 bits per heavy atom. The number of hydrogen-bond donors (Lipinski definition) is 0. The van der Waals surface area contributed by atoms with Gasteiger partial charge in [-0.1, -0.05) is 33.1 Å². The molecule has 74 valence electrons. The Bertz CT molecular complexity index is 126. The Kier molecular flexibility index (Phi) is 7.81. The van der Waals surface area contributed by atoms with Crippen molar-refractivity contribution in [2.75, 3.05) is 12.9 Å². The summed E-state index contributed by atoms with van der Waals surface area (Å²) in [5, 5.41) is 0. The van der Waals surface area contributed by atoms with Crippen molar-refractivity contribution in [2.45, 2.75) is 39.5 Å². The van der Waals surface area contributed by atoms with Gasteiger partial charge < -0.3 is 0 Å². The number of unbranched alkanes of at least 4 members (excludes halogenated alkanes) is 1. The van der Waals surface area contributed by atoms with Gasteiger partial charge in [-0.25, -0.2) is 4.21 Å². The summed E-state index contributed by atoms with van der Waals surface area (Å²) >= 11 is -1.06. The molecule has 0 saturated carbocycles. The van der Waals surface area contributed by atoms with E-state index in [-0.39, 0.29) is 0 Å². The van der Waals surface area contributed by atoms with Crippen LogP contribution in [0.15, 0.2) is 0 Å². The highest BCUT2D eigenvalue weighted by atomic mass is 32.2. The van der Waals surface area contributed by atoms with Crippen LogP contribution in [-0.2, 0) is 15.3 Å². The van der Waals surface area contributed by atoms with Gasteiger partial charge in [0.05, 0.1) is 12.9 Å². The summed E-state index contributed by atoms with van der Waals surface area (Å²) in [6.45, 7) is 4.33. The lowest BCUT2D eigenvalue weighted by atomic mass is 10.0. The lowest BCUT2D eigenvalue weighted by Gasteiger charge is -2.12. The largest absolute Gasteiger partial charge is 0.294 e. The summed E-state index contributed by atoms with van der Waals surface area (Å²) in [5.74, 6) is 1.28. The normalized spacial score (nSPS) is 15.9. The average Bonchev–Trinajstić information content (AvgIpc) is 2.11. The SMILES string of the molecule is CCCCC(CC)CS(=O)OC. The number of hydrogen-bond acceptors (Lipinski definition) is 2. The molecule has 0 N–H and O–H groups in total. The van der Waals surface area contributed by atoms with Gasteiger partial charge in [0.2, 0.25) is 0 Å². The first kappa shape index (κ1) is 12.1. The van der Waals surface area contributed by atoms with E-state index in [2.05, 4.69) is 13.8 Å². The van der Waals surface area contributed by atoms with Gasteiger partial charge >= 0.3 is 0 Å². The molecule has 0 aromatic carbocycles. The maximum atomic E-state index is 11.0. The summed E-state index contributed by atoms with van der Waals surface area (Å²) in [7, 11) is 1.50. The maximum absolute atomic E-state index is 11.0. The minimum absolute atomic E-state index is 0.575. The fourth-order valence-electron chi connectivity index (χ4n) is 1.16. The molecule has 0 radical (unpaired) electrons. The Balaban J connectivity index is 3.59. The van der Waals surface area contributed by atoms with Crippen LogP contribution in [0.2, 0.25) is 0 Å². The Hall–Kier alpha value is 0.110. The summed E-state index contributed by atoms with van der Waals surface area (Å²) in [6.07, 6.45) is 4.74. The standard InChI is InChI=1S/C9H20O2S/c1-4-6-7-9(5-2)8-12(10)11-3/h9H,4-8H2,1-3H3. The van der Waals surface area contributed by atoms with Crippen LogP contribution < -0.4 is 0 Å². The van der Waals surface area contributed by atoms with Crippen molar-refractivity contribution in [1.29, 1.82) is 0 Å². The quantitative estimate of drug-likeness (QED) is 0.619. The molecule has 0 aromatic rings. The zero-order valence-electron chi connectivity index (χ0n) is 8.34. The zero-order valence-corrected chi connectivity index (χ0v) is 9.15. The van der Waals surface area contributed by atoms with Crippen molar-refractivity contribution in [3.8, 4) is 0 Å². The fraction of sp³-hybridized carbons (Fsp3) is 1.00. The molecule has 2 atom stereocenters. The second-order valence-electron chi connectivity index (χ2n) is 3.05. The lowest BCUT2D eigenvalue weighted by molar-refractivity contribution is 0.425. The molecular weight excluding hydrogens is 172 g/mol. The van der Waals surface area contributed by atoms with Crippen LogP contribution in [0.1, 0.15) is 39.5 Å². The predicted octanol–water partition coefficient (Wildman–Crippen LogP) is 2.51. The van der Waals surface area contributed by atoms with Crippen molar-refractivity contribution < 1.29 is 8.39 Å². The van der Waals surface area contributed by atoms with E-state index in [9.17, 15) is 4.21 Å². The van der Waals surface area contributed by atoms with Crippen molar-refractivity contribution in [3.05, 3.63) is 0 Å². The van der Waals surface area contributed by atoms with Crippen LogP contribution in [-0.4, -0.2) is 17.1 Å². The topological polar surface area (TPSA) is 26.3 Å². The molecule has 0 aliphatic carbocycles.